The van der Waals surface area contributed by atoms with E-state index in [1.54, 1.807) is 12.1 Å². The second-order valence-corrected chi connectivity index (χ2v) is 12.7. The second-order valence-electron chi connectivity index (χ2n) is 12.7. The van der Waals surface area contributed by atoms with Crippen molar-refractivity contribution in [1.29, 1.82) is 0 Å². The van der Waals surface area contributed by atoms with Gasteiger partial charge in [-0.05, 0) is 73.1 Å². The molecular formula is C34H42FN3O4. The third-order valence-electron chi connectivity index (χ3n) is 9.79. The number of alkyl halides is 1. The maximum Gasteiger partial charge on any atom is 0.335 e. The van der Waals surface area contributed by atoms with Crippen molar-refractivity contribution in [3.05, 3.63) is 53.1 Å². The lowest BCUT2D eigenvalue weighted by atomic mass is 9.80. The molecule has 8 heteroatoms. The zero-order chi connectivity index (χ0) is 28.6. The van der Waals surface area contributed by atoms with Crippen LogP contribution in [-0.2, 0) is 17.8 Å². The van der Waals surface area contributed by atoms with Gasteiger partial charge in [-0.2, -0.15) is 0 Å². The quantitative estimate of drug-likeness (QED) is 0.359. The van der Waals surface area contributed by atoms with Gasteiger partial charge < -0.3 is 19.1 Å². The molecule has 3 fully saturated rings. The van der Waals surface area contributed by atoms with Crippen LogP contribution < -0.4 is 4.74 Å². The van der Waals surface area contributed by atoms with E-state index in [4.69, 9.17) is 9.47 Å². The fourth-order valence-corrected chi connectivity index (χ4v) is 7.20. The molecule has 0 spiro atoms. The summed E-state index contributed by atoms with van der Waals surface area (Å²) in [5, 5.41) is 10.9. The van der Waals surface area contributed by atoms with Crippen molar-refractivity contribution in [3.63, 3.8) is 0 Å². The Morgan fingerprint density at radius 3 is 2.55 bits per heavy atom. The number of carboxylic acid groups (broad SMARTS) is 1. The van der Waals surface area contributed by atoms with Gasteiger partial charge in [-0.15, -0.1) is 0 Å². The van der Waals surface area contributed by atoms with Crippen LogP contribution in [0.1, 0.15) is 65.9 Å². The van der Waals surface area contributed by atoms with Gasteiger partial charge in [0.05, 0.1) is 31.1 Å². The van der Waals surface area contributed by atoms with Crippen molar-refractivity contribution in [1.82, 2.24) is 14.4 Å². The van der Waals surface area contributed by atoms with Gasteiger partial charge in [0.15, 0.2) is 0 Å². The van der Waals surface area contributed by atoms with Crippen molar-refractivity contribution in [2.24, 2.45) is 5.92 Å². The largest absolute Gasteiger partial charge is 0.493 e. The van der Waals surface area contributed by atoms with Crippen LogP contribution in [0.2, 0.25) is 0 Å². The van der Waals surface area contributed by atoms with Crippen molar-refractivity contribution in [2.75, 3.05) is 52.5 Å². The molecule has 2 atom stereocenters. The highest BCUT2D eigenvalue weighted by molar-refractivity contribution is 5.98. The minimum absolute atomic E-state index is 0.191. The zero-order valence-corrected chi connectivity index (χ0v) is 24.4. The monoisotopic (exact) mass is 575 g/mol. The first-order valence-electron chi connectivity index (χ1n) is 15.9. The number of halogens is 1. The number of morpholine rings is 1. The zero-order valence-electron chi connectivity index (χ0n) is 24.4. The van der Waals surface area contributed by atoms with Crippen LogP contribution in [-0.4, -0.2) is 84.2 Å². The lowest BCUT2D eigenvalue weighted by Crippen LogP contribution is -2.42. The Hall–Kier alpha value is -2.94. The number of aromatic nitrogens is 1. The first-order valence-corrected chi connectivity index (χ1v) is 15.9. The van der Waals surface area contributed by atoms with E-state index in [2.05, 4.69) is 32.6 Å². The van der Waals surface area contributed by atoms with Crippen LogP contribution in [0, 0.1) is 5.92 Å². The van der Waals surface area contributed by atoms with Gasteiger partial charge in [-0.25, -0.2) is 9.18 Å². The molecule has 4 aliphatic rings. The summed E-state index contributed by atoms with van der Waals surface area (Å²) in [6.45, 7) is 8.52. The molecule has 2 aliphatic heterocycles. The lowest BCUT2D eigenvalue weighted by Gasteiger charge is -2.33. The molecule has 7 rings (SSSR count). The molecule has 42 heavy (non-hydrogen) atoms. The molecule has 224 valence electrons. The summed E-state index contributed by atoms with van der Waals surface area (Å²) < 4.78 is 29.8. The smallest absolute Gasteiger partial charge is 0.335 e. The molecule has 3 aromatic rings. The number of benzene rings is 2. The van der Waals surface area contributed by atoms with Crippen LogP contribution >= 0.6 is 0 Å². The van der Waals surface area contributed by atoms with Crippen LogP contribution in [0.15, 0.2) is 36.4 Å². The Morgan fingerprint density at radius 1 is 0.952 bits per heavy atom. The summed E-state index contributed by atoms with van der Waals surface area (Å²) >= 11 is 0. The van der Waals surface area contributed by atoms with Crippen molar-refractivity contribution < 1.29 is 23.8 Å². The van der Waals surface area contributed by atoms with E-state index < -0.39 is 12.1 Å². The molecule has 1 aromatic heterocycles. The molecule has 1 N–H and O–H groups in total. The predicted octanol–water partition coefficient (Wildman–Crippen LogP) is 5.94. The minimum Gasteiger partial charge on any atom is -0.493 e. The van der Waals surface area contributed by atoms with E-state index >= 15 is 4.39 Å². The van der Waals surface area contributed by atoms with E-state index in [1.807, 2.05) is 6.07 Å². The summed E-state index contributed by atoms with van der Waals surface area (Å²) in [5.41, 5.74) is 5.60. The summed E-state index contributed by atoms with van der Waals surface area (Å²) in [7, 11) is 0. The van der Waals surface area contributed by atoms with Crippen LogP contribution in [0.5, 0.6) is 5.75 Å². The molecular weight excluding hydrogens is 533 g/mol. The number of aromatic carboxylic acids is 1. The summed E-state index contributed by atoms with van der Waals surface area (Å²) in [5.74, 6) is 0.435. The molecule has 0 radical (unpaired) electrons. The molecule has 0 unspecified atom stereocenters. The van der Waals surface area contributed by atoms with Gasteiger partial charge in [0.25, 0.3) is 0 Å². The highest BCUT2D eigenvalue weighted by Crippen LogP contribution is 2.47. The van der Waals surface area contributed by atoms with Crippen LogP contribution in [0.25, 0.3) is 22.2 Å². The normalized spacial score (nSPS) is 23.6. The van der Waals surface area contributed by atoms with Crippen LogP contribution in [0.4, 0.5) is 4.39 Å². The third kappa shape index (κ3) is 5.69. The molecule has 2 aromatic carbocycles. The Morgan fingerprint density at radius 2 is 1.76 bits per heavy atom. The summed E-state index contributed by atoms with van der Waals surface area (Å²) in [4.78, 5) is 17.0. The average Bonchev–Trinajstić information content (AvgIpc) is 3.78. The van der Waals surface area contributed by atoms with E-state index in [-0.39, 0.29) is 11.5 Å². The van der Waals surface area contributed by atoms with E-state index in [0.717, 1.165) is 118 Å². The highest BCUT2D eigenvalue weighted by atomic mass is 19.1. The number of fused-ring (bicyclic) bond motifs is 5. The third-order valence-corrected chi connectivity index (χ3v) is 9.79. The Labute approximate surface area is 247 Å². The fourth-order valence-electron chi connectivity index (χ4n) is 7.20. The second kappa shape index (κ2) is 12.0. The molecule has 1 saturated heterocycles. The highest BCUT2D eigenvalue weighted by Gasteiger charge is 2.34. The topological polar surface area (TPSA) is 67.2 Å². The van der Waals surface area contributed by atoms with Gasteiger partial charge in [0.2, 0.25) is 0 Å². The van der Waals surface area contributed by atoms with Gasteiger partial charge >= 0.3 is 5.97 Å². The number of ether oxygens (including phenoxy) is 2. The van der Waals surface area contributed by atoms with Gasteiger partial charge in [0, 0.05) is 68.2 Å². The number of hydrogen-bond acceptors (Lipinski definition) is 5. The maximum absolute atomic E-state index is 15.7. The van der Waals surface area contributed by atoms with Crippen molar-refractivity contribution in [2.45, 2.75) is 63.7 Å². The average molecular weight is 576 g/mol. The van der Waals surface area contributed by atoms with Crippen molar-refractivity contribution >= 4 is 16.9 Å². The Bertz CT molecular complexity index is 1440. The number of hydrogen-bond donors (Lipinski definition) is 1. The molecule has 3 heterocycles. The van der Waals surface area contributed by atoms with Crippen molar-refractivity contribution in [3.8, 4) is 17.0 Å². The molecule has 2 aliphatic carbocycles. The summed E-state index contributed by atoms with van der Waals surface area (Å²) in [6.07, 6.45) is 4.93. The molecule has 2 saturated carbocycles. The molecule has 0 bridgehead atoms. The van der Waals surface area contributed by atoms with E-state index in [1.165, 1.54) is 18.4 Å². The fraction of sp³-hybridized carbons (Fsp3) is 0.559. The minimum atomic E-state index is -0.939. The molecule has 0 amide bonds. The number of carbonyl (C=O) groups is 1. The SMILES string of the molecule is O=C(O)c1ccc2c([C@H]3CCCC[C@@H]3F)c3n(c2c1)CCN(CCN1CCOCC1)Cc1cc(OCC2CC2)ccc1-3. The van der Waals surface area contributed by atoms with E-state index in [9.17, 15) is 9.90 Å². The first kappa shape index (κ1) is 27.9. The Balaban J connectivity index is 1.33. The predicted molar refractivity (Wildman–Crippen MR) is 161 cm³/mol. The standard InChI is InChI=1S/C34H42FN3O4/c35-30-4-2-1-3-28(30)32-29-9-7-24(34(39)40)20-31(29)38-14-13-37(12-11-36-15-17-41-18-16-36)21-25-19-26(42-22-23-5-6-23)8-10-27(25)33(32)38/h7-10,19-20,23,28,30H,1-6,11-18,21-22H2,(H,39,40)/t28-,30-/m0/s1. The number of carboxylic acids is 1. The van der Waals surface area contributed by atoms with Gasteiger partial charge in [-0.3, -0.25) is 9.80 Å². The van der Waals surface area contributed by atoms with Gasteiger partial charge in [-0.1, -0.05) is 18.9 Å². The molecule has 7 nitrogen and oxygen atoms in total. The van der Waals surface area contributed by atoms with E-state index in [0.29, 0.717) is 12.3 Å². The number of nitrogens with zero attached hydrogens (tertiary/aromatic N) is 3. The first-order chi connectivity index (χ1) is 20.5. The lowest BCUT2D eigenvalue weighted by molar-refractivity contribution is 0.0327. The number of rotatable bonds is 8. The Kier molecular flexibility index (Phi) is 7.95. The summed E-state index contributed by atoms with van der Waals surface area (Å²) in [6, 6.07) is 11.9. The maximum atomic E-state index is 15.7. The van der Waals surface area contributed by atoms with Crippen LogP contribution in [0.3, 0.4) is 0 Å². The van der Waals surface area contributed by atoms with Gasteiger partial charge in [0.1, 0.15) is 11.9 Å².